The highest BCUT2D eigenvalue weighted by Gasteiger charge is 2.30. The summed E-state index contributed by atoms with van der Waals surface area (Å²) in [5.41, 5.74) is -0.0121. The minimum atomic E-state index is -4.30. The first-order chi connectivity index (χ1) is 8.47. The highest BCUT2D eigenvalue weighted by Crippen LogP contribution is 2.31. The summed E-state index contributed by atoms with van der Waals surface area (Å²) in [5.74, 6) is 0. The summed E-state index contributed by atoms with van der Waals surface area (Å²) in [6.45, 7) is 1.73. The maximum Gasteiger partial charge on any atom is 0.416 e. The molecule has 0 radical (unpaired) electrons. The van der Waals surface area contributed by atoms with E-state index in [4.69, 9.17) is 4.74 Å². The zero-order valence-electron chi connectivity index (χ0n) is 9.56. The Hall–Kier alpha value is -0.590. The Labute approximate surface area is 112 Å². The van der Waals surface area contributed by atoms with Crippen LogP contribution in [0.1, 0.15) is 17.5 Å². The lowest BCUT2D eigenvalue weighted by molar-refractivity contribution is -0.137. The Morgan fingerprint density at radius 1 is 1.39 bits per heavy atom. The number of ether oxygens (including phenoxy) is 1. The van der Waals surface area contributed by atoms with Gasteiger partial charge in [-0.15, -0.1) is 0 Å². The molecule has 1 heterocycles. The second kappa shape index (κ2) is 5.59. The van der Waals surface area contributed by atoms with Gasteiger partial charge in [0.05, 0.1) is 12.2 Å². The predicted molar refractivity (Wildman–Crippen MR) is 65.2 cm³/mol. The van der Waals surface area contributed by atoms with Crippen molar-refractivity contribution in [1.29, 1.82) is 0 Å². The van der Waals surface area contributed by atoms with E-state index in [-0.39, 0.29) is 6.04 Å². The van der Waals surface area contributed by atoms with Gasteiger partial charge in [0.25, 0.3) is 0 Å². The monoisotopic (exact) mass is 323 g/mol. The van der Waals surface area contributed by atoms with E-state index in [1.807, 2.05) is 0 Å². The quantitative estimate of drug-likeness (QED) is 0.921. The van der Waals surface area contributed by atoms with Gasteiger partial charge in [-0.2, -0.15) is 13.2 Å². The Morgan fingerprint density at radius 2 is 2.17 bits per heavy atom. The van der Waals surface area contributed by atoms with Crippen molar-refractivity contribution in [2.75, 3.05) is 13.2 Å². The van der Waals surface area contributed by atoms with Gasteiger partial charge in [0.15, 0.2) is 0 Å². The fraction of sp³-hybridized carbons (Fsp3) is 0.500. The van der Waals surface area contributed by atoms with Gasteiger partial charge in [0, 0.05) is 23.7 Å². The predicted octanol–water partition coefficient (Wildman–Crippen LogP) is 3.35. The van der Waals surface area contributed by atoms with Crippen molar-refractivity contribution in [2.45, 2.75) is 25.2 Å². The summed E-state index contributed by atoms with van der Waals surface area (Å²) in [7, 11) is 0. The Bertz CT molecular complexity index is 416. The molecule has 0 spiro atoms. The standard InChI is InChI=1S/C12H13BrF3NO/c13-11-2-1-9(12(14,15)16)5-8(11)6-17-10-3-4-18-7-10/h1-2,5,10,17H,3-4,6-7H2. The van der Waals surface area contributed by atoms with Crippen LogP contribution in [0.2, 0.25) is 0 Å². The average Bonchev–Trinajstić information content (AvgIpc) is 2.79. The van der Waals surface area contributed by atoms with E-state index in [2.05, 4.69) is 21.2 Å². The van der Waals surface area contributed by atoms with Crippen LogP contribution in [-0.4, -0.2) is 19.3 Å². The lowest BCUT2D eigenvalue weighted by atomic mass is 10.1. The second-order valence-electron chi connectivity index (χ2n) is 4.25. The van der Waals surface area contributed by atoms with Gasteiger partial charge in [-0.25, -0.2) is 0 Å². The van der Waals surface area contributed by atoms with Crippen molar-refractivity contribution in [3.8, 4) is 0 Å². The van der Waals surface area contributed by atoms with E-state index < -0.39 is 11.7 Å². The van der Waals surface area contributed by atoms with Crippen molar-refractivity contribution in [3.63, 3.8) is 0 Å². The number of halogens is 4. The van der Waals surface area contributed by atoms with E-state index in [9.17, 15) is 13.2 Å². The van der Waals surface area contributed by atoms with Gasteiger partial charge in [0.1, 0.15) is 0 Å². The third kappa shape index (κ3) is 3.46. The van der Waals surface area contributed by atoms with Gasteiger partial charge in [0.2, 0.25) is 0 Å². The molecule has 100 valence electrons. The lowest BCUT2D eigenvalue weighted by Gasteiger charge is -2.14. The molecule has 0 saturated carbocycles. The molecule has 2 nitrogen and oxygen atoms in total. The molecule has 1 atom stereocenters. The number of nitrogens with one attached hydrogen (secondary N) is 1. The molecule has 0 aliphatic carbocycles. The van der Waals surface area contributed by atoms with Crippen LogP contribution < -0.4 is 5.32 Å². The van der Waals surface area contributed by atoms with Crippen molar-refractivity contribution >= 4 is 15.9 Å². The van der Waals surface area contributed by atoms with Crippen LogP contribution in [0, 0.1) is 0 Å². The Balaban J connectivity index is 2.06. The Morgan fingerprint density at radius 3 is 2.78 bits per heavy atom. The summed E-state index contributed by atoms with van der Waals surface area (Å²) in [5, 5.41) is 3.20. The molecule has 1 aromatic carbocycles. The third-order valence-corrected chi connectivity index (χ3v) is 3.66. The maximum absolute atomic E-state index is 12.6. The molecule has 0 amide bonds. The molecule has 1 fully saturated rings. The lowest BCUT2D eigenvalue weighted by Crippen LogP contribution is -2.28. The van der Waals surface area contributed by atoms with Crippen LogP contribution in [0.4, 0.5) is 13.2 Å². The van der Waals surface area contributed by atoms with Crippen LogP contribution >= 0.6 is 15.9 Å². The largest absolute Gasteiger partial charge is 0.416 e. The van der Waals surface area contributed by atoms with E-state index in [1.54, 1.807) is 0 Å². The number of hydrogen-bond donors (Lipinski definition) is 1. The molecule has 0 aromatic heterocycles. The first kappa shape index (κ1) is 13.8. The summed E-state index contributed by atoms with van der Waals surface area (Å²) in [4.78, 5) is 0. The first-order valence-corrected chi connectivity index (χ1v) is 6.43. The highest BCUT2D eigenvalue weighted by molar-refractivity contribution is 9.10. The van der Waals surface area contributed by atoms with Crippen LogP contribution in [0.25, 0.3) is 0 Å². The summed E-state index contributed by atoms with van der Waals surface area (Å²) in [6, 6.07) is 3.91. The molecule has 1 aromatic rings. The zero-order chi connectivity index (χ0) is 13.2. The first-order valence-electron chi connectivity index (χ1n) is 5.63. The topological polar surface area (TPSA) is 21.3 Å². The van der Waals surface area contributed by atoms with E-state index in [1.165, 1.54) is 12.1 Å². The van der Waals surface area contributed by atoms with Crippen LogP contribution in [0.5, 0.6) is 0 Å². The molecule has 1 unspecified atom stereocenters. The van der Waals surface area contributed by atoms with Gasteiger partial charge in [-0.3, -0.25) is 0 Å². The van der Waals surface area contributed by atoms with Crippen LogP contribution in [0.15, 0.2) is 22.7 Å². The average molecular weight is 324 g/mol. The van der Waals surface area contributed by atoms with Crippen molar-refractivity contribution < 1.29 is 17.9 Å². The minimum Gasteiger partial charge on any atom is -0.380 e. The Kier molecular flexibility index (Phi) is 4.29. The molecular formula is C12H13BrF3NO. The van der Waals surface area contributed by atoms with E-state index in [0.717, 1.165) is 12.5 Å². The summed E-state index contributed by atoms with van der Waals surface area (Å²) >= 11 is 3.27. The third-order valence-electron chi connectivity index (χ3n) is 2.88. The van der Waals surface area contributed by atoms with Gasteiger partial charge in [-0.05, 0) is 30.2 Å². The van der Waals surface area contributed by atoms with Crippen LogP contribution in [0.3, 0.4) is 0 Å². The molecule has 6 heteroatoms. The minimum absolute atomic E-state index is 0.228. The number of alkyl halides is 3. The van der Waals surface area contributed by atoms with Crippen molar-refractivity contribution in [3.05, 3.63) is 33.8 Å². The highest BCUT2D eigenvalue weighted by atomic mass is 79.9. The number of benzene rings is 1. The molecular weight excluding hydrogens is 311 g/mol. The fourth-order valence-corrected chi connectivity index (χ4v) is 2.22. The summed E-state index contributed by atoms with van der Waals surface area (Å²) < 4.78 is 43.6. The van der Waals surface area contributed by atoms with Gasteiger partial charge < -0.3 is 10.1 Å². The molecule has 1 N–H and O–H groups in total. The molecule has 1 saturated heterocycles. The number of rotatable bonds is 3. The normalized spacial score (nSPS) is 20.3. The van der Waals surface area contributed by atoms with Crippen molar-refractivity contribution in [2.24, 2.45) is 0 Å². The SMILES string of the molecule is FC(F)(F)c1ccc(Br)c(CNC2CCOC2)c1. The molecule has 0 bridgehead atoms. The van der Waals surface area contributed by atoms with E-state index in [0.29, 0.717) is 29.8 Å². The molecule has 2 rings (SSSR count). The fourth-order valence-electron chi connectivity index (χ4n) is 1.84. The van der Waals surface area contributed by atoms with Gasteiger partial charge in [-0.1, -0.05) is 15.9 Å². The molecule has 18 heavy (non-hydrogen) atoms. The maximum atomic E-state index is 12.6. The zero-order valence-corrected chi connectivity index (χ0v) is 11.1. The van der Waals surface area contributed by atoms with Gasteiger partial charge >= 0.3 is 6.18 Å². The van der Waals surface area contributed by atoms with Crippen molar-refractivity contribution in [1.82, 2.24) is 5.32 Å². The summed E-state index contributed by atoms with van der Waals surface area (Å²) in [6.07, 6.45) is -3.40. The molecule has 1 aliphatic rings. The smallest absolute Gasteiger partial charge is 0.380 e. The van der Waals surface area contributed by atoms with Crippen LogP contribution in [-0.2, 0) is 17.5 Å². The molecule has 1 aliphatic heterocycles. The number of hydrogen-bond acceptors (Lipinski definition) is 2. The van der Waals surface area contributed by atoms with E-state index >= 15 is 0 Å². The second-order valence-corrected chi connectivity index (χ2v) is 5.10.